The second-order valence-corrected chi connectivity index (χ2v) is 2.11. The van der Waals surface area contributed by atoms with Crippen LogP contribution in [0.5, 0.6) is 0 Å². The van der Waals surface area contributed by atoms with Gasteiger partial charge in [0.25, 0.3) is 0 Å². The average molecular weight is 159 g/mol. The third-order valence-electron chi connectivity index (χ3n) is 0.788. The van der Waals surface area contributed by atoms with E-state index < -0.39 is 0 Å². The van der Waals surface area contributed by atoms with E-state index in [0.717, 1.165) is 12.0 Å². The summed E-state index contributed by atoms with van der Waals surface area (Å²) >= 11 is 0.837. The fraction of sp³-hybridized carbons (Fsp3) is 0. The highest BCUT2D eigenvalue weighted by atomic mass is 32.2. The van der Waals surface area contributed by atoms with Gasteiger partial charge in [-0.2, -0.15) is 0 Å². The number of hydrogen-bond acceptors (Lipinski definition) is 5. The van der Waals surface area contributed by atoms with Gasteiger partial charge in [0.1, 0.15) is 5.03 Å². The Labute approximate surface area is 61.9 Å². The summed E-state index contributed by atoms with van der Waals surface area (Å²) in [5, 5.41) is 11.7. The summed E-state index contributed by atoms with van der Waals surface area (Å²) in [6.07, 6.45) is 1.61. The van der Waals surface area contributed by atoms with Crippen molar-refractivity contribution in [2.75, 3.05) is 0 Å². The van der Waals surface area contributed by atoms with E-state index in [-0.39, 0.29) is 0 Å². The number of nitrogens with zero attached hydrogens (tertiary/aromatic N) is 1. The molecule has 0 radical (unpaired) electrons. The van der Waals surface area contributed by atoms with Gasteiger partial charge in [0, 0.05) is 6.20 Å². The Morgan fingerprint density at radius 2 is 2.40 bits per heavy atom. The van der Waals surface area contributed by atoms with Gasteiger partial charge >= 0.3 is 0 Å². The van der Waals surface area contributed by atoms with Gasteiger partial charge in [-0.25, -0.2) is 10.2 Å². The maximum absolute atomic E-state index is 7.76. The molecule has 54 valence electrons. The van der Waals surface area contributed by atoms with Gasteiger partial charge in [-0.3, -0.25) is 0 Å². The van der Waals surface area contributed by atoms with Crippen LogP contribution in [0.15, 0.2) is 29.4 Å². The Kier molecular flexibility index (Phi) is 3.17. The van der Waals surface area contributed by atoms with Crippen LogP contribution in [0, 0.1) is 0 Å². The molecule has 0 saturated carbocycles. The zero-order valence-corrected chi connectivity index (χ0v) is 5.75. The van der Waals surface area contributed by atoms with E-state index >= 15 is 0 Å². The summed E-state index contributed by atoms with van der Waals surface area (Å²) < 4.78 is 4.13. The van der Waals surface area contributed by atoms with Crippen molar-refractivity contribution >= 4 is 12.0 Å². The summed E-state index contributed by atoms with van der Waals surface area (Å²) in [6.45, 7) is 0. The molecule has 1 aromatic rings. The lowest BCUT2D eigenvalue weighted by Gasteiger charge is -1.92. The topological polar surface area (TPSA) is 51.6 Å². The monoisotopic (exact) mass is 159 g/mol. The van der Waals surface area contributed by atoms with E-state index in [0.29, 0.717) is 5.03 Å². The fourth-order valence-electron chi connectivity index (χ4n) is 0.446. The van der Waals surface area contributed by atoms with Gasteiger partial charge in [0.2, 0.25) is 0 Å². The highest BCUT2D eigenvalue weighted by Crippen LogP contribution is 2.14. The molecule has 0 aliphatic carbocycles. The molecule has 0 aromatic carbocycles. The van der Waals surface area contributed by atoms with Gasteiger partial charge in [-0.15, -0.1) is 4.33 Å². The SMILES string of the molecule is OOOSc1ccccn1. The molecule has 1 N–H and O–H groups in total. The standard InChI is InChI=1S/C5H5NO3S/c7-8-9-10-5-3-1-2-4-6-5/h1-4,7H. The maximum Gasteiger partial charge on any atom is 0.127 e. The largest absolute Gasteiger partial charge is 0.247 e. The van der Waals surface area contributed by atoms with E-state index in [9.17, 15) is 0 Å². The van der Waals surface area contributed by atoms with E-state index in [1.54, 1.807) is 24.4 Å². The third kappa shape index (κ3) is 2.32. The van der Waals surface area contributed by atoms with Gasteiger partial charge in [-0.05, 0) is 12.1 Å². The van der Waals surface area contributed by atoms with Crippen LogP contribution in [0.4, 0.5) is 0 Å². The first-order chi connectivity index (χ1) is 4.93. The molecule has 1 heterocycles. The molecule has 0 bridgehead atoms. The molecule has 0 saturated heterocycles. The van der Waals surface area contributed by atoms with Gasteiger partial charge in [0.15, 0.2) is 0 Å². The first-order valence-electron chi connectivity index (χ1n) is 2.49. The summed E-state index contributed by atoms with van der Waals surface area (Å²) in [7, 11) is 0. The third-order valence-corrected chi connectivity index (χ3v) is 1.33. The molecule has 0 fully saturated rings. The number of aromatic nitrogens is 1. The second-order valence-electron chi connectivity index (χ2n) is 1.39. The quantitative estimate of drug-likeness (QED) is 0.411. The molecular weight excluding hydrogens is 154 g/mol. The molecular formula is C5H5NO3S. The van der Waals surface area contributed by atoms with Crippen molar-refractivity contribution in [1.29, 1.82) is 0 Å². The average Bonchev–Trinajstić information content (AvgIpc) is 2.03. The summed E-state index contributed by atoms with van der Waals surface area (Å²) in [4.78, 5) is 3.86. The van der Waals surface area contributed by atoms with Gasteiger partial charge in [-0.1, -0.05) is 11.1 Å². The van der Waals surface area contributed by atoms with Crippen molar-refractivity contribution in [3.63, 3.8) is 0 Å². The van der Waals surface area contributed by atoms with Crippen LogP contribution in [-0.2, 0) is 9.37 Å². The summed E-state index contributed by atoms with van der Waals surface area (Å²) in [5.41, 5.74) is 0. The lowest BCUT2D eigenvalue weighted by molar-refractivity contribution is -0.432. The predicted octanol–water partition coefficient (Wildman–Crippen LogP) is 1.51. The summed E-state index contributed by atoms with van der Waals surface area (Å²) in [5.74, 6) is 0. The Balaban J connectivity index is 2.43. The predicted molar refractivity (Wildman–Crippen MR) is 34.9 cm³/mol. The highest BCUT2D eigenvalue weighted by Gasteiger charge is 1.92. The molecule has 0 aliphatic heterocycles. The molecule has 1 rings (SSSR count). The first-order valence-corrected chi connectivity index (χ1v) is 3.23. The molecule has 0 atom stereocenters. The van der Waals surface area contributed by atoms with Crippen LogP contribution in [0.25, 0.3) is 0 Å². The van der Waals surface area contributed by atoms with Crippen molar-refractivity contribution in [2.24, 2.45) is 0 Å². The summed E-state index contributed by atoms with van der Waals surface area (Å²) in [6, 6.07) is 5.31. The smallest absolute Gasteiger partial charge is 0.127 e. The normalized spacial score (nSPS) is 9.70. The minimum atomic E-state index is 0.622. The van der Waals surface area contributed by atoms with Crippen LogP contribution in [0.1, 0.15) is 0 Å². The lowest BCUT2D eigenvalue weighted by atomic mass is 10.5. The molecule has 0 aliphatic rings. The van der Waals surface area contributed by atoms with Crippen LogP contribution in [0.2, 0.25) is 0 Å². The Morgan fingerprint density at radius 1 is 1.50 bits per heavy atom. The number of hydrogen-bond donors (Lipinski definition) is 1. The minimum absolute atomic E-state index is 0.622. The minimum Gasteiger partial charge on any atom is -0.247 e. The lowest BCUT2D eigenvalue weighted by Crippen LogP contribution is -1.80. The molecule has 0 unspecified atom stereocenters. The number of rotatable bonds is 3. The van der Waals surface area contributed by atoms with Crippen molar-refractivity contribution in [3.8, 4) is 0 Å². The second kappa shape index (κ2) is 4.24. The van der Waals surface area contributed by atoms with Gasteiger partial charge < -0.3 is 0 Å². The Bertz CT molecular complexity index is 182. The molecule has 4 nitrogen and oxygen atoms in total. The van der Waals surface area contributed by atoms with E-state index in [1.165, 1.54) is 0 Å². The zero-order chi connectivity index (χ0) is 7.23. The van der Waals surface area contributed by atoms with Crippen molar-refractivity contribution in [2.45, 2.75) is 5.03 Å². The highest BCUT2D eigenvalue weighted by molar-refractivity contribution is 7.94. The van der Waals surface area contributed by atoms with Crippen LogP contribution >= 0.6 is 12.0 Å². The molecule has 0 amide bonds. The van der Waals surface area contributed by atoms with E-state index in [4.69, 9.17) is 5.26 Å². The zero-order valence-electron chi connectivity index (χ0n) is 4.93. The molecule has 0 spiro atoms. The van der Waals surface area contributed by atoms with Crippen LogP contribution in [0.3, 0.4) is 0 Å². The maximum atomic E-state index is 7.76. The fourth-order valence-corrected chi connectivity index (χ4v) is 0.785. The van der Waals surface area contributed by atoms with E-state index in [2.05, 4.69) is 14.4 Å². The first kappa shape index (κ1) is 7.49. The number of pyridine rings is 1. The Morgan fingerprint density at radius 3 is 3.00 bits per heavy atom. The van der Waals surface area contributed by atoms with Crippen LogP contribution in [-0.4, -0.2) is 10.2 Å². The molecule has 10 heavy (non-hydrogen) atoms. The van der Waals surface area contributed by atoms with Crippen molar-refractivity contribution < 1.29 is 14.6 Å². The van der Waals surface area contributed by atoms with Crippen molar-refractivity contribution in [1.82, 2.24) is 4.98 Å². The Hall–Kier alpha value is -0.620. The molecule has 1 aromatic heterocycles. The molecule has 5 heteroatoms. The van der Waals surface area contributed by atoms with Crippen LogP contribution < -0.4 is 0 Å². The van der Waals surface area contributed by atoms with E-state index in [1.807, 2.05) is 0 Å². The van der Waals surface area contributed by atoms with Gasteiger partial charge in [0.05, 0.1) is 12.0 Å². The van der Waals surface area contributed by atoms with Crippen molar-refractivity contribution in [3.05, 3.63) is 24.4 Å².